The molecule has 0 saturated carbocycles. The number of nitro groups is 1. The van der Waals surface area contributed by atoms with Crippen molar-refractivity contribution >= 4 is 23.1 Å². The molecule has 3 N–H and O–H groups in total. The van der Waals surface area contributed by atoms with Crippen LogP contribution in [0.4, 0.5) is 5.69 Å². The Kier molecular flexibility index (Phi) is 3.81. The maximum absolute atomic E-state index is 10.6. The van der Waals surface area contributed by atoms with E-state index in [1.165, 1.54) is 36.7 Å². The van der Waals surface area contributed by atoms with Gasteiger partial charge in [-0.1, -0.05) is 11.6 Å². The van der Waals surface area contributed by atoms with Gasteiger partial charge in [-0.2, -0.15) is 0 Å². The smallest absolute Gasteiger partial charge is 0.271 e. The van der Waals surface area contributed by atoms with Crippen LogP contribution in [0.1, 0.15) is 5.56 Å². The van der Waals surface area contributed by atoms with Crippen LogP contribution in [-0.2, 0) is 0 Å². The fraction of sp³-hybridized carbons (Fsp3) is 0. The minimum absolute atomic E-state index is 0.0811. The molecule has 0 aliphatic rings. The van der Waals surface area contributed by atoms with Gasteiger partial charge in [0.05, 0.1) is 21.7 Å². The predicted octanol–water partition coefficient (Wildman–Crippen LogP) is 2.72. The third kappa shape index (κ3) is 2.83. The zero-order valence-electron chi connectivity index (χ0n) is 10.0. The molecule has 0 radical (unpaired) electrons. The van der Waals surface area contributed by atoms with Gasteiger partial charge in [0.2, 0.25) is 0 Å². The zero-order chi connectivity index (χ0) is 14.7. The lowest BCUT2D eigenvalue weighted by Gasteiger charge is -2.10. The number of rotatable bonds is 4. The van der Waals surface area contributed by atoms with Gasteiger partial charge in [-0.3, -0.25) is 20.5 Å². The molecule has 0 bridgehead atoms. The molecule has 0 aliphatic carbocycles. The second-order valence-electron chi connectivity index (χ2n) is 3.76. The van der Waals surface area contributed by atoms with Crippen LogP contribution in [0.3, 0.4) is 0 Å². The van der Waals surface area contributed by atoms with E-state index in [0.29, 0.717) is 5.56 Å². The summed E-state index contributed by atoms with van der Waals surface area (Å²) >= 11 is 5.92. The molecule has 0 saturated heterocycles. The van der Waals surface area contributed by atoms with Crippen molar-refractivity contribution in [2.24, 2.45) is 5.73 Å². The summed E-state index contributed by atoms with van der Waals surface area (Å²) in [4.78, 5) is 13.9. The first kappa shape index (κ1) is 13.8. The molecular formula is C12H9ClN4O3. The largest absolute Gasteiger partial charge is 0.453 e. The highest BCUT2D eigenvalue weighted by molar-refractivity contribution is 6.32. The molecule has 2 rings (SSSR count). The Morgan fingerprint density at radius 1 is 1.40 bits per heavy atom. The lowest BCUT2D eigenvalue weighted by molar-refractivity contribution is -0.384. The van der Waals surface area contributed by atoms with Gasteiger partial charge in [-0.05, 0) is 12.1 Å². The molecule has 2 aromatic rings. The summed E-state index contributed by atoms with van der Waals surface area (Å²) in [5.74, 6) is 0.281. The highest BCUT2D eigenvalue weighted by atomic mass is 35.5. The molecule has 0 amide bonds. The van der Waals surface area contributed by atoms with Gasteiger partial charge < -0.3 is 10.5 Å². The number of aromatic nitrogens is 1. The number of nitrogens with one attached hydrogen (secondary N) is 1. The first-order valence-electron chi connectivity index (χ1n) is 5.39. The molecule has 1 aromatic carbocycles. The third-order valence-electron chi connectivity index (χ3n) is 2.42. The number of nitrogens with zero attached hydrogens (tertiary/aromatic N) is 2. The molecule has 0 fully saturated rings. The van der Waals surface area contributed by atoms with Crippen molar-refractivity contribution in [3.05, 3.63) is 57.4 Å². The van der Waals surface area contributed by atoms with Crippen LogP contribution in [0.5, 0.6) is 11.5 Å². The maximum atomic E-state index is 10.6. The van der Waals surface area contributed by atoms with Gasteiger partial charge >= 0.3 is 0 Å². The monoisotopic (exact) mass is 292 g/mol. The summed E-state index contributed by atoms with van der Waals surface area (Å²) in [6.07, 6.45) is 2.86. The van der Waals surface area contributed by atoms with Crippen LogP contribution in [0.15, 0.2) is 36.7 Å². The molecule has 0 unspecified atom stereocenters. The first-order valence-corrected chi connectivity index (χ1v) is 5.77. The van der Waals surface area contributed by atoms with Crippen molar-refractivity contribution in [3.8, 4) is 11.5 Å². The zero-order valence-corrected chi connectivity index (χ0v) is 10.8. The van der Waals surface area contributed by atoms with E-state index < -0.39 is 4.92 Å². The third-order valence-corrected chi connectivity index (χ3v) is 2.72. The molecular weight excluding hydrogens is 284 g/mol. The van der Waals surface area contributed by atoms with Crippen LogP contribution in [0.25, 0.3) is 0 Å². The van der Waals surface area contributed by atoms with Crippen LogP contribution in [-0.4, -0.2) is 15.7 Å². The number of nitrogens with two attached hydrogens (primary N) is 1. The van der Waals surface area contributed by atoms with Crippen molar-refractivity contribution in [1.82, 2.24) is 4.98 Å². The van der Waals surface area contributed by atoms with Gasteiger partial charge in [0.25, 0.3) is 5.69 Å². The van der Waals surface area contributed by atoms with Crippen molar-refractivity contribution in [1.29, 1.82) is 5.41 Å². The second-order valence-corrected chi connectivity index (χ2v) is 4.17. The summed E-state index contributed by atoms with van der Waals surface area (Å²) in [7, 11) is 0. The summed E-state index contributed by atoms with van der Waals surface area (Å²) in [6.45, 7) is 0. The number of amidine groups is 1. The fourth-order valence-electron chi connectivity index (χ4n) is 1.49. The van der Waals surface area contributed by atoms with E-state index in [9.17, 15) is 10.1 Å². The topological polar surface area (TPSA) is 115 Å². The van der Waals surface area contributed by atoms with E-state index in [2.05, 4.69) is 4.98 Å². The number of ether oxygens (including phenoxy) is 1. The maximum Gasteiger partial charge on any atom is 0.271 e. The lowest BCUT2D eigenvalue weighted by atomic mass is 10.2. The van der Waals surface area contributed by atoms with Crippen LogP contribution < -0.4 is 10.5 Å². The average molecular weight is 293 g/mol. The summed E-state index contributed by atoms with van der Waals surface area (Å²) in [5.41, 5.74) is 5.64. The van der Waals surface area contributed by atoms with Crippen LogP contribution >= 0.6 is 11.6 Å². The van der Waals surface area contributed by atoms with E-state index >= 15 is 0 Å². The number of nitrogen functional groups attached to an aromatic ring is 1. The molecule has 8 heteroatoms. The van der Waals surface area contributed by atoms with E-state index in [0.717, 1.165) is 0 Å². The SMILES string of the molecule is N=C(N)c1ccncc1Oc1ccc([N+](=O)[O-])cc1Cl. The molecule has 0 atom stereocenters. The van der Waals surface area contributed by atoms with E-state index in [1.807, 2.05) is 0 Å². The Labute approximate surface area is 118 Å². The van der Waals surface area contributed by atoms with Crippen molar-refractivity contribution in [3.63, 3.8) is 0 Å². The summed E-state index contributed by atoms with van der Waals surface area (Å²) in [5, 5.41) is 18.1. The lowest BCUT2D eigenvalue weighted by Crippen LogP contribution is -2.12. The molecule has 20 heavy (non-hydrogen) atoms. The quantitative estimate of drug-likeness (QED) is 0.389. The van der Waals surface area contributed by atoms with Crippen molar-refractivity contribution in [2.75, 3.05) is 0 Å². The van der Waals surface area contributed by atoms with Crippen molar-refractivity contribution in [2.45, 2.75) is 0 Å². The number of halogens is 1. The standard InChI is InChI=1S/C12H9ClN4O3/c13-9-5-7(17(18)19)1-2-10(9)20-11-6-16-4-3-8(11)12(14)15/h1-6H,(H3,14,15). The molecule has 1 heterocycles. The molecule has 7 nitrogen and oxygen atoms in total. The normalized spacial score (nSPS) is 10.1. The fourth-order valence-corrected chi connectivity index (χ4v) is 1.70. The highest BCUT2D eigenvalue weighted by Gasteiger charge is 2.13. The van der Waals surface area contributed by atoms with E-state index in [4.69, 9.17) is 27.5 Å². The van der Waals surface area contributed by atoms with Gasteiger partial charge in [0.1, 0.15) is 11.6 Å². The Hall–Kier alpha value is -2.67. The predicted molar refractivity (Wildman–Crippen MR) is 73.4 cm³/mol. The molecule has 1 aromatic heterocycles. The van der Waals surface area contributed by atoms with Crippen LogP contribution in [0.2, 0.25) is 5.02 Å². The number of non-ortho nitro benzene ring substituents is 1. The number of nitro benzene ring substituents is 1. The number of hydrogen-bond donors (Lipinski definition) is 2. The number of pyridine rings is 1. The van der Waals surface area contributed by atoms with Gasteiger partial charge in [0.15, 0.2) is 5.75 Å². The summed E-state index contributed by atoms with van der Waals surface area (Å²) in [6, 6.07) is 5.35. The van der Waals surface area contributed by atoms with Gasteiger partial charge in [-0.25, -0.2) is 0 Å². The second kappa shape index (κ2) is 5.54. The Bertz CT molecular complexity index is 690. The Morgan fingerprint density at radius 3 is 2.75 bits per heavy atom. The average Bonchev–Trinajstić information content (AvgIpc) is 2.41. The van der Waals surface area contributed by atoms with Crippen molar-refractivity contribution < 1.29 is 9.66 Å². The van der Waals surface area contributed by atoms with E-state index in [-0.39, 0.29) is 28.0 Å². The number of hydrogen-bond acceptors (Lipinski definition) is 5. The number of benzene rings is 1. The highest BCUT2D eigenvalue weighted by Crippen LogP contribution is 2.33. The Balaban J connectivity index is 2.36. The minimum Gasteiger partial charge on any atom is -0.453 e. The van der Waals surface area contributed by atoms with Gasteiger partial charge in [-0.15, -0.1) is 0 Å². The molecule has 0 aliphatic heterocycles. The van der Waals surface area contributed by atoms with Gasteiger partial charge in [0, 0.05) is 18.3 Å². The molecule has 102 valence electrons. The minimum atomic E-state index is -0.555. The molecule has 0 spiro atoms. The first-order chi connectivity index (χ1) is 9.49. The van der Waals surface area contributed by atoms with Crippen LogP contribution in [0, 0.1) is 15.5 Å². The van der Waals surface area contributed by atoms with E-state index in [1.54, 1.807) is 0 Å². The summed E-state index contributed by atoms with van der Waals surface area (Å²) < 4.78 is 5.50. The Morgan fingerprint density at radius 2 is 2.15 bits per heavy atom.